The van der Waals surface area contributed by atoms with Crippen molar-refractivity contribution in [3.63, 3.8) is 0 Å². The lowest BCUT2D eigenvalue weighted by atomic mass is 9.77. The number of anilines is 1. The van der Waals surface area contributed by atoms with Crippen LogP contribution in [0.25, 0.3) is 10.8 Å². The van der Waals surface area contributed by atoms with Gasteiger partial charge in [-0.05, 0) is 41.7 Å². The van der Waals surface area contributed by atoms with Crippen molar-refractivity contribution in [1.82, 2.24) is 15.6 Å². The fourth-order valence-corrected chi connectivity index (χ4v) is 5.22. The van der Waals surface area contributed by atoms with Crippen molar-refractivity contribution in [2.45, 2.75) is 37.3 Å². The molecule has 1 saturated carbocycles. The van der Waals surface area contributed by atoms with Crippen molar-refractivity contribution in [3.05, 3.63) is 72.6 Å². The summed E-state index contributed by atoms with van der Waals surface area (Å²) in [5.74, 6) is -0.756. The maximum Gasteiger partial charge on any atom is 0.225 e. The van der Waals surface area contributed by atoms with E-state index in [1.165, 1.54) is 0 Å². The number of aromatic nitrogens is 1. The smallest absolute Gasteiger partial charge is 0.225 e. The van der Waals surface area contributed by atoms with Gasteiger partial charge >= 0.3 is 0 Å². The Kier molecular flexibility index (Phi) is 5.50. The molecule has 3 aromatic rings. The summed E-state index contributed by atoms with van der Waals surface area (Å²) in [6.45, 7) is 0.339. The molecule has 1 aliphatic heterocycles. The van der Waals surface area contributed by atoms with E-state index in [1.807, 2.05) is 59.5 Å². The predicted molar refractivity (Wildman–Crippen MR) is 126 cm³/mol. The number of amides is 1. The molecule has 164 valence electrons. The van der Waals surface area contributed by atoms with E-state index < -0.39 is 30.2 Å². The SMILES string of the molecule is O=C(NCc1cccnc1)C1CC(O)C(O)C2NC(=S)N(c3cccc4ccccc34)C12. The number of thiocarbonyl (C=S) groups is 1. The van der Waals surface area contributed by atoms with Crippen LogP contribution in [-0.4, -0.2) is 50.5 Å². The highest BCUT2D eigenvalue weighted by Crippen LogP contribution is 2.39. The van der Waals surface area contributed by atoms with Gasteiger partial charge < -0.3 is 25.7 Å². The van der Waals surface area contributed by atoms with Gasteiger partial charge in [-0.1, -0.05) is 42.5 Å². The average Bonchev–Trinajstić information content (AvgIpc) is 3.17. The summed E-state index contributed by atoms with van der Waals surface area (Å²) in [6, 6.07) is 16.7. The van der Waals surface area contributed by atoms with Crippen LogP contribution < -0.4 is 15.5 Å². The van der Waals surface area contributed by atoms with Gasteiger partial charge in [-0.25, -0.2) is 0 Å². The normalized spacial score (nSPS) is 27.1. The Labute approximate surface area is 191 Å². The molecule has 5 unspecified atom stereocenters. The number of fused-ring (bicyclic) bond motifs is 2. The predicted octanol–water partition coefficient (Wildman–Crippen LogP) is 1.72. The Morgan fingerprint density at radius 1 is 1.16 bits per heavy atom. The van der Waals surface area contributed by atoms with Crippen molar-refractivity contribution in [2.24, 2.45) is 5.92 Å². The third kappa shape index (κ3) is 3.60. The van der Waals surface area contributed by atoms with Gasteiger partial charge in [0.05, 0.1) is 29.8 Å². The molecule has 1 aromatic heterocycles. The maximum absolute atomic E-state index is 13.3. The molecular formula is C24H24N4O3S. The molecule has 1 saturated heterocycles. The Morgan fingerprint density at radius 3 is 2.78 bits per heavy atom. The van der Waals surface area contributed by atoms with Crippen LogP contribution in [-0.2, 0) is 11.3 Å². The zero-order valence-electron chi connectivity index (χ0n) is 17.3. The number of hydrogen-bond acceptors (Lipinski definition) is 5. The third-order valence-electron chi connectivity index (χ3n) is 6.40. The number of carbonyl (C=O) groups excluding carboxylic acids is 1. The molecule has 0 bridgehead atoms. The summed E-state index contributed by atoms with van der Waals surface area (Å²) in [7, 11) is 0. The standard InChI is InChI=1S/C24H24N4O3S/c29-19-11-17(23(31)26-13-14-5-4-10-25-12-14)21-20(22(19)30)27-24(32)28(21)18-9-3-7-15-6-1-2-8-16(15)18/h1-10,12,17,19-22,29-30H,11,13H2,(H,26,31)(H,27,32). The number of nitrogens with zero attached hydrogens (tertiary/aromatic N) is 2. The first-order valence-electron chi connectivity index (χ1n) is 10.6. The van der Waals surface area contributed by atoms with Crippen LogP contribution in [0, 0.1) is 5.92 Å². The van der Waals surface area contributed by atoms with Gasteiger partial charge in [-0.2, -0.15) is 0 Å². The molecule has 5 rings (SSSR count). The molecule has 0 spiro atoms. The van der Waals surface area contributed by atoms with Crippen LogP contribution in [0.5, 0.6) is 0 Å². The summed E-state index contributed by atoms with van der Waals surface area (Å²) >= 11 is 5.65. The van der Waals surface area contributed by atoms with Crippen molar-refractivity contribution in [3.8, 4) is 0 Å². The van der Waals surface area contributed by atoms with Crippen LogP contribution >= 0.6 is 12.2 Å². The molecule has 7 nitrogen and oxygen atoms in total. The quantitative estimate of drug-likeness (QED) is 0.451. The highest BCUT2D eigenvalue weighted by molar-refractivity contribution is 7.80. The third-order valence-corrected chi connectivity index (χ3v) is 6.71. The average molecular weight is 449 g/mol. The van der Waals surface area contributed by atoms with Gasteiger partial charge in [0.1, 0.15) is 6.10 Å². The lowest BCUT2D eigenvalue weighted by Crippen LogP contribution is -2.60. The number of nitrogens with one attached hydrogen (secondary N) is 2. The van der Waals surface area contributed by atoms with E-state index in [0.29, 0.717) is 11.7 Å². The second-order valence-corrected chi connectivity index (χ2v) is 8.70. The van der Waals surface area contributed by atoms with Crippen LogP contribution in [0.3, 0.4) is 0 Å². The van der Waals surface area contributed by atoms with Crippen molar-refractivity contribution < 1.29 is 15.0 Å². The fourth-order valence-electron chi connectivity index (χ4n) is 4.86. The summed E-state index contributed by atoms with van der Waals surface area (Å²) in [6.07, 6.45) is 1.49. The summed E-state index contributed by atoms with van der Waals surface area (Å²) < 4.78 is 0. The van der Waals surface area contributed by atoms with E-state index in [9.17, 15) is 15.0 Å². The number of carbonyl (C=O) groups is 1. The number of hydrogen-bond donors (Lipinski definition) is 4. The largest absolute Gasteiger partial charge is 0.390 e. The number of aliphatic hydroxyl groups is 2. The van der Waals surface area contributed by atoms with Gasteiger partial charge in [-0.3, -0.25) is 9.78 Å². The molecule has 5 atom stereocenters. The molecular weight excluding hydrogens is 424 g/mol. The van der Waals surface area contributed by atoms with E-state index in [1.54, 1.807) is 12.4 Å². The molecule has 0 radical (unpaired) electrons. The second-order valence-electron chi connectivity index (χ2n) is 8.31. The highest BCUT2D eigenvalue weighted by Gasteiger charge is 2.54. The Bertz CT molecular complexity index is 1150. The molecule has 2 heterocycles. The molecule has 1 amide bonds. The summed E-state index contributed by atoms with van der Waals surface area (Å²) in [5, 5.41) is 29.9. The van der Waals surface area contributed by atoms with Crippen molar-refractivity contribution >= 4 is 39.7 Å². The van der Waals surface area contributed by atoms with Crippen LogP contribution in [0.2, 0.25) is 0 Å². The van der Waals surface area contributed by atoms with E-state index in [4.69, 9.17) is 12.2 Å². The van der Waals surface area contributed by atoms with Gasteiger partial charge in [-0.15, -0.1) is 0 Å². The molecule has 32 heavy (non-hydrogen) atoms. The minimum Gasteiger partial charge on any atom is -0.390 e. The Hall–Kier alpha value is -3.07. The first kappa shape index (κ1) is 20.8. The Balaban J connectivity index is 1.50. The van der Waals surface area contributed by atoms with Crippen LogP contribution in [0.1, 0.15) is 12.0 Å². The van der Waals surface area contributed by atoms with Gasteiger partial charge in [0.2, 0.25) is 5.91 Å². The van der Waals surface area contributed by atoms with Crippen LogP contribution in [0.15, 0.2) is 67.0 Å². The first-order chi connectivity index (χ1) is 15.5. The molecule has 2 fully saturated rings. The minimum atomic E-state index is -1.03. The maximum atomic E-state index is 13.3. The Morgan fingerprint density at radius 2 is 1.97 bits per heavy atom. The lowest BCUT2D eigenvalue weighted by Gasteiger charge is -2.41. The monoisotopic (exact) mass is 448 g/mol. The van der Waals surface area contributed by atoms with Crippen molar-refractivity contribution in [1.29, 1.82) is 0 Å². The molecule has 2 aromatic carbocycles. The van der Waals surface area contributed by atoms with Gasteiger partial charge in [0.15, 0.2) is 5.11 Å². The molecule has 8 heteroatoms. The molecule has 1 aliphatic carbocycles. The second kappa shape index (κ2) is 8.46. The van der Waals surface area contributed by atoms with Crippen LogP contribution in [0.4, 0.5) is 5.69 Å². The minimum absolute atomic E-state index is 0.146. The fraction of sp³-hybridized carbons (Fsp3) is 0.292. The molecule has 4 N–H and O–H groups in total. The zero-order chi connectivity index (χ0) is 22.2. The van der Waals surface area contributed by atoms with E-state index in [0.717, 1.165) is 22.0 Å². The zero-order valence-corrected chi connectivity index (χ0v) is 18.1. The highest BCUT2D eigenvalue weighted by atomic mass is 32.1. The first-order valence-corrected chi connectivity index (χ1v) is 11.1. The van der Waals surface area contributed by atoms with E-state index >= 15 is 0 Å². The van der Waals surface area contributed by atoms with E-state index in [-0.39, 0.29) is 12.3 Å². The lowest BCUT2D eigenvalue weighted by molar-refractivity contribution is -0.131. The van der Waals surface area contributed by atoms with E-state index in [2.05, 4.69) is 15.6 Å². The number of aliphatic hydroxyl groups excluding tert-OH is 2. The summed E-state index contributed by atoms with van der Waals surface area (Å²) in [5.41, 5.74) is 1.77. The number of benzene rings is 2. The van der Waals surface area contributed by atoms with Gasteiger partial charge in [0, 0.05) is 24.3 Å². The topological polar surface area (TPSA) is 97.7 Å². The molecule has 2 aliphatic rings. The number of rotatable bonds is 4. The van der Waals surface area contributed by atoms with Crippen molar-refractivity contribution in [2.75, 3.05) is 4.90 Å². The van der Waals surface area contributed by atoms with Gasteiger partial charge in [0.25, 0.3) is 0 Å². The summed E-state index contributed by atoms with van der Waals surface area (Å²) in [4.78, 5) is 19.3. The number of pyridine rings is 1.